The van der Waals surface area contributed by atoms with E-state index in [0.717, 1.165) is 32.1 Å². The van der Waals surface area contributed by atoms with E-state index in [0.29, 0.717) is 25.1 Å². The number of allylic oxidation sites excluding steroid dienone is 2. The highest BCUT2D eigenvalue weighted by Crippen LogP contribution is 2.28. The van der Waals surface area contributed by atoms with E-state index < -0.39 is 5.60 Å². The summed E-state index contributed by atoms with van der Waals surface area (Å²) in [6, 6.07) is 0. The summed E-state index contributed by atoms with van der Waals surface area (Å²) in [5, 5.41) is 10.6. The molecular formula is C17H27NO3. The molecule has 0 saturated heterocycles. The molecule has 1 atom stereocenters. The predicted octanol–water partition coefficient (Wildman–Crippen LogP) is 2.26. The number of carbonyl (C=O) groups is 1. The topological polar surface area (TPSA) is 72.6 Å². The third kappa shape index (κ3) is 5.06. The van der Waals surface area contributed by atoms with E-state index in [4.69, 9.17) is 10.5 Å². The molecule has 2 aliphatic carbocycles. The van der Waals surface area contributed by atoms with Gasteiger partial charge in [0, 0.05) is 12.0 Å². The second-order valence-corrected chi connectivity index (χ2v) is 6.21. The molecule has 0 aromatic heterocycles. The normalized spacial score (nSPS) is 25.2. The van der Waals surface area contributed by atoms with Crippen molar-refractivity contribution in [2.45, 2.75) is 63.1 Å². The number of Topliss-reactive ketones (excluding diaryl/α,β-unsaturated/α-hetero) is 1. The fourth-order valence-electron chi connectivity index (χ4n) is 3.02. The highest BCUT2D eigenvalue weighted by Gasteiger charge is 2.29. The highest BCUT2D eigenvalue weighted by molar-refractivity contribution is 5.98. The lowest BCUT2D eigenvalue weighted by molar-refractivity contribution is -0.115. The van der Waals surface area contributed by atoms with Crippen LogP contribution in [0.1, 0.15) is 51.4 Å². The molecule has 0 bridgehead atoms. The van der Waals surface area contributed by atoms with Crippen molar-refractivity contribution in [2.24, 2.45) is 5.73 Å². The van der Waals surface area contributed by atoms with Gasteiger partial charge in [-0.05, 0) is 31.9 Å². The van der Waals surface area contributed by atoms with Gasteiger partial charge in [0.1, 0.15) is 0 Å². The van der Waals surface area contributed by atoms with Crippen molar-refractivity contribution < 1.29 is 14.6 Å². The predicted molar refractivity (Wildman–Crippen MR) is 82.9 cm³/mol. The summed E-state index contributed by atoms with van der Waals surface area (Å²) < 4.78 is 5.88. The van der Waals surface area contributed by atoms with Crippen molar-refractivity contribution in [1.82, 2.24) is 0 Å². The molecule has 0 aliphatic heterocycles. The molecule has 0 spiro atoms. The van der Waals surface area contributed by atoms with Gasteiger partial charge in [0.2, 0.25) is 0 Å². The molecule has 0 aromatic carbocycles. The van der Waals surface area contributed by atoms with Gasteiger partial charge in [0.25, 0.3) is 0 Å². The third-order valence-corrected chi connectivity index (χ3v) is 4.32. The van der Waals surface area contributed by atoms with Gasteiger partial charge < -0.3 is 15.6 Å². The highest BCUT2D eigenvalue weighted by atomic mass is 16.5. The van der Waals surface area contributed by atoms with Crippen LogP contribution in [0, 0.1) is 0 Å². The standard InChI is InChI=1S/C17H27NO3/c18-11-8-16(19)14-6-5-7-15(12-14)21-13-17(20)9-3-1-2-4-10-17/h5-6,12,15,20H,1-4,7-11,13,18H2. The smallest absolute Gasteiger partial charge is 0.163 e. The number of ketones is 1. The molecule has 0 amide bonds. The van der Waals surface area contributed by atoms with E-state index in [1.54, 1.807) is 0 Å². The largest absolute Gasteiger partial charge is 0.387 e. The second-order valence-electron chi connectivity index (χ2n) is 6.21. The Balaban J connectivity index is 1.87. The van der Waals surface area contributed by atoms with Gasteiger partial charge in [-0.25, -0.2) is 0 Å². The van der Waals surface area contributed by atoms with E-state index in [-0.39, 0.29) is 11.9 Å². The summed E-state index contributed by atoms with van der Waals surface area (Å²) in [4.78, 5) is 11.9. The minimum Gasteiger partial charge on any atom is -0.387 e. The number of hydrogen-bond acceptors (Lipinski definition) is 4. The fraction of sp³-hybridized carbons (Fsp3) is 0.706. The number of carbonyl (C=O) groups excluding carboxylic acids is 1. The minimum atomic E-state index is -0.688. The first-order chi connectivity index (χ1) is 10.1. The Labute approximate surface area is 127 Å². The van der Waals surface area contributed by atoms with Crippen LogP contribution in [0.15, 0.2) is 23.8 Å². The molecule has 0 radical (unpaired) electrons. The number of aliphatic hydroxyl groups is 1. The summed E-state index contributed by atoms with van der Waals surface area (Å²) >= 11 is 0. The molecule has 1 fully saturated rings. The second kappa shape index (κ2) is 7.87. The van der Waals surface area contributed by atoms with E-state index >= 15 is 0 Å². The Morgan fingerprint density at radius 3 is 2.71 bits per heavy atom. The molecule has 2 aliphatic rings. The van der Waals surface area contributed by atoms with Crippen molar-refractivity contribution in [2.75, 3.05) is 13.2 Å². The SMILES string of the molecule is NCCC(=O)C1=CC(OCC2(O)CCCCCC2)CC=C1. The maximum atomic E-state index is 11.9. The van der Waals surface area contributed by atoms with Gasteiger partial charge in [0.05, 0.1) is 18.3 Å². The van der Waals surface area contributed by atoms with Crippen LogP contribution in [0.5, 0.6) is 0 Å². The molecule has 1 unspecified atom stereocenters. The zero-order valence-electron chi connectivity index (χ0n) is 12.7. The summed E-state index contributed by atoms with van der Waals surface area (Å²) in [5.74, 6) is 0.0650. The van der Waals surface area contributed by atoms with Gasteiger partial charge in [-0.1, -0.05) is 37.8 Å². The monoisotopic (exact) mass is 293 g/mol. The van der Waals surface area contributed by atoms with Gasteiger partial charge in [-0.3, -0.25) is 4.79 Å². The van der Waals surface area contributed by atoms with E-state index in [1.807, 2.05) is 18.2 Å². The quantitative estimate of drug-likeness (QED) is 0.737. The molecule has 3 N–H and O–H groups in total. The van der Waals surface area contributed by atoms with Crippen molar-refractivity contribution in [3.63, 3.8) is 0 Å². The molecule has 4 heteroatoms. The Morgan fingerprint density at radius 2 is 2.05 bits per heavy atom. The van der Waals surface area contributed by atoms with Gasteiger partial charge in [0.15, 0.2) is 5.78 Å². The number of ether oxygens (including phenoxy) is 1. The molecule has 0 heterocycles. The van der Waals surface area contributed by atoms with Gasteiger partial charge in [-0.15, -0.1) is 0 Å². The fourth-order valence-corrected chi connectivity index (χ4v) is 3.02. The maximum Gasteiger partial charge on any atom is 0.163 e. The Hall–Kier alpha value is -0.970. The third-order valence-electron chi connectivity index (χ3n) is 4.32. The van der Waals surface area contributed by atoms with Crippen molar-refractivity contribution >= 4 is 5.78 Å². The van der Waals surface area contributed by atoms with Crippen LogP contribution in [0.3, 0.4) is 0 Å². The van der Waals surface area contributed by atoms with E-state index in [9.17, 15) is 9.90 Å². The van der Waals surface area contributed by atoms with Crippen molar-refractivity contribution in [1.29, 1.82) is 0 Å². The molecule has 0 aromatic rings. The average Bonchev–Trinajstić information content (AvgIpc) is 2.71. The van der Waals surface area contributed by atoms with Crippen molar-refractivity contribution in [3.8, 4) is 0 Å². The van der Waals surface area contributed by atoms with Crippen LogP contribution >= 0.6 is 0 Å². The molecule has 1 saturated carbocycles. The first kappa shape index (κ1) is 16.4. The Kier molecular flexibility index (Phi) is 6.15. The number of nitrogens with two attached hydrogens (primary N) is 1. The number of hydrogen-bond donors (Lipinski definition) is 2. The average molecular weight is 293 g/mol. The minimum absolute atomic E-state index is 0.0650. The first-order valence-electron chi connectivity index (χ1n) is 8.09. The molecule has 21 heavy (non-hydrogen) atoms. The summed E-state index contributed by atoms with van der Waals surface area (Å²) in [6.07, 6.45) is 12.9. The van der Waals surface area contributed by atoms with Crippen LogP contribution in [0.25, 0.3) is 0 Å². The summed E-state index contributed by atoms with van der Waals surface area (Å²) in [7, 11) is 0. The lowest BCUT2D eigenvalue weighted by Crippen LogP contribution is -2.35. The number of rotatable bonds is 6. The Bertz CT molecular complexity index is 406. The van der Waals surface area contributed by atoms with Crippen LogP contribution in [0.4, 0.5) is 0 Å². The van der Waals surface area contributed by atoms with Gasteiger partial charge >= 0.3 is 0 Å². The van der Waals surface area contributed by atoms with E-state index in [2.05, 4.69) is 0 Å². The van der Waals surface area contributed by atoms with Crippen LogP contribution < -0.4 is 5.73 Å². The maximum absolute atomic E-state index is 11.9. The van der Waals surface area contributed by atoms with Crippen molar-refractivity contribution in [3.05, 3.63) is 23.8 Å². The molecule has 4 nitrogen and oxygen atoms in total. The lowest BCUT2D eigenvalue weighted by Gasteiger charge is -2.28. The Morgan fingerprint density at radius 1 is 1.33 bits per heavy atom. The van der Waals surface area contributed by atoms with Crippen LogP contribution in [-0.4, -0.2) is 35.7 Å². The van der Waals surface area contributed by atoms with Gasteiger partial charge in [-0.2, -0.15) is 0 Å². The zero-order chi connectivity index (χ0) is 15.1. The zero-order valence-corrected chi connectivity index (χ0v) is 12.7. The van der Waals surface area contributed by atoms with Crippen LogP contribution in [0.2, 0.25) is 0 Å². The lowest BCUT2D eigenvalue weighted by atomic mass is 9.95. The molecule has 2 rings (SSSR count). The summed E-state index contributed by atoms with van der Waals surface area (Å²) in [6.45, 7) is 0.732. The summed E-state index contributed by atoms with van der Waals surface area (Å²) in [5.41, 5.74) is 5.42. The molecular weight excluding hydrogens is 266 g/mol. The van der Waals surface area contributed by atoms with E-state index in [1.165, 1.54) is 12.8 Å². The molecule has 118 valence electrons. The van der Waals surface area contributed by atoms with Crippen LogP contribution in [-0.2, 0) is 9.53 Å². The first-order valence-corrected chi connectivity index (χ1v) is 8.09.